The number of ether oxygens (including phenoxy) is 1. The molecule has 1 atom stereocenters. The number of H-pyrrole nitrogens is 1. The molecule has 0 spiro atoms. The molecule has 0 amide bonds. The molecular formula is C17H32N2O. The molecule has 1 rings (SSSR count). The van der Waals surface area contributed by atoms with Gasteiger partial charge in [-0.1, -0.05) is 65.7 Å². The van der Waals surface area contributed by atoms with Crippen molar-refractivity contribution in [2.45, 2.75) is 84.0 Å². The topological polar surface area (TPSA) is 37.9 Å². The first-order chi connectivity index (χ1) is 9.68. The van der Waals surface area contributed by atoms with Crippen LogP contribution >= 0.6 is 0 Å². The van der Waals surface area contributed by atoms with Crippen LogP contribution in [0.25, 0.3) is 0 Å². The fourth-order valence-electron chi connectivity index (χ4n) is 2.94. The summed E-state index contributed by atoms with van der Waals surface area (Å²) in [6.07, 6.45) is 13.4. The van der Waals surface area contributed by atoms with Gasteiger partial charge in [-0.25, -0.2) is 0 Å². The molecular weight excluding hydrogens is 248 g/mol. The standard InChI is InChI=1S/C17H32N2O/c1-5-7-9-11-13-17(3,12-10-8-6-2)16-15(20-4)14-18-19-16/h14H,5-13H2,1-4H3,(H,18,19). The van der Waals surface area contributed by atoms with E-state index in [1.807, 2.05) is 6.20 Å². The molecule has 20 heavy (non-hydrogen) atoms. The Morgan fingerprint density at radius 2 is 1.65 bits per heavy atom. The van der Waals surface area contributed by atoms with E-state index in [0.717, 1.165) is 11.4 Å². The van der Waals surface area contributed by atoms with Gasteiger partial charge in [0.05, 0.1) is 13.3 Å². The summed E-state index contributed by atoms with van der Waals surface area (Å²) in [7, 11) is 1.73. The molecule has 1 N–H and O–H groups in total. The summed E-state index contributed by atoms with van der Waals surface area (Å²) in [5, 5.41) is 7.46. The van der Waals surface area contributed by atoms with Gasteiger partial charge >= 0.3 is 0 Å². The molecule has 0 saturated carbocycles. The first-order valence-corrected chi connectivity index (χ1v) is 8.26. The molecule has 0 radical (unpaired) electrons. The maximum absolute atomic E-state index is 5.47. The number of hydrogen-bond donors (Lipinski definition) is 1. The lowest BCUT2D eigenvalue weighted by molar-refractivity contribution is 0.333. The number of aromatic amines is 1. The minimum atomic E-state index is 0.147. The Morgan fingerprint density at radius 1 is 1.05 bits per heavy atom. The molecule has 3 nitrogen and oxygen atoms in total. The van der Waals surface area contributed by atoms with Crippen molar-refractivity contribution in [1.29, 1.82) is 0 Å². The van der Waals surface area contributed by atoms with Crippen LogP contribution in [0.3, 0.4) is 0 Å². The van der Waals surface area contributed by atoms with Crippen LogP contribution in [-0.4, -0.2) is 17.3 Å². The lowest BCUT2D eigenvalue weighted by Gasteiger charge is -2.28. The van der Waals surface area contributed by atoms with Crippen LogP contribution in [0.1, 0.15) is 84.3 Å². The van der Waals surface area contributed by atoms with E-state index in [1.54, 1.807) is 7.11 Å². The number of methoxy groups -OCH3 is 1. The van der Waals surface area contributed by atoms with Gasteiger partial charge in [-0.2, -0.15) is 5.10 Å². The van der Waals surface area contributed by atoms with Gasteiger partial charge in [0.15, 0.2) is 5.75 Å². The van der Waals surface area contributed by atoms with Gasteiger partial charge in [-0.3, -0.25) is 5.10 Å². The van der Waals surface area contributed by atoms with Crippen LogP contribution in [0.5, 0.6) is 5.75 Å². The predicted octanol–water partition coefficient (Wildman–Crippen LogP) is 5.23. The van der Waals surface area contributed by atoms with Gasteiger partial charge in [-0.15, -0.1) is 0 Å². The van der Waals surface area contributed by atoms with Crippen LogP contribution < -0.4 is 4.74 Å². The average molecular weight is 280 g/mol. The molecule has 0 aliphatic heterocycles. The third-order valence-corrected chi connectivity index (χ3v) is 4.31. The zero-order valence-electron chi connectivity index (χ0n) is 13.8. The quantitative estimate of drug-likeness (QED) is 0.564. The van der Waals surface area contributed by atoms with E-state index in [4.69, 9.17) is 4.74 Å². The fraction of sp³-hybridized carbons (Fsp3) is 0.824. The largest absolute Gasteiger partial charge is 0.493 e. The SMILES string of the molecule is CCCCCCC(C)(CCCCC)c1n[nH]cc1OC. The third-order valence-electron chi connectivity index (χ3n) is 4.31. The summed E-state index contributed by atoms with van der Waals surface area (Å²) < 4.78 is 5.47. The molecule has 0 aliphatic carbocycles. The number of hydrogen-bond acceptors (Lipinski definition) is 2. The highest BCUT2D eigenvalue weighted by Crippen LogP contribution is 2.38. The second-order valence-electron chi connectivity index (χ2n) is 6.13. The molecule has 1 heterocycles. The van der Waals surface area contributed by atoms with E-state index in [2.05, 4.69) is 31.0 Å². The molecule has 116 valence electrons. The van der Waals surface area contributed by atoms with E-state index < -0.39 is 0 Å². The van der Waals surface area contributed by atoms with Crippen molar-refractivity contribution in [1.82, 2.24) is 10.2 Å². The Hall–Kier alpha value is -0.990. The van der Waals surface area contributed by atoms with E-state index >= 15 is 0 Å². The summed E-state index contributed by atoms with van der Waals surface area (Å²) in [5.41, 5.74) is 1.27. The molecule has 1 aromatic rings. The van der Waals surface area contributed by atoms with Crippen molar-refractivity contribution in [3.63, 3.8) is 0 Å². The Balaban J connectivity index is 2.72. The maximum Gasteiger partial charge on any atom is 0.160 e. The lowest BCUT2D eigenvalue weighted by Crippen LogP contribution is -2.23. The highest BCUT2D eigenvalue weighted by Gasteiger charge is 2.31. The monoisotopic (exact) mass is 280 g/mol. The van der Waals surface area contributed by atoms with Crippen LogP contribution in [-0.2, 0) is 5.41 Å². The molecule has 0 bridgehead atoms. The number of nitrogens with one attached hydrogen (secondary N) is 1. The first kappa shape index (κ1) is 17.1. The molecule has 1 aromatic heterocycles. The van der Waals surface area contributed by atoms with Crippen LogP contribution in [0.4, 0.5) is 0 Å². The predicted molar refractivity (Wildman–Crippen MR) is 85.4 cm³/mol. The first-order valence-electron chi connectivity index (χ1n) is 8.26. The van der Waals surface area contributed by atoms with Crippen molar-refractivity contribution in [2.24, 2.45) is 0 Å². The molecule has 0 saturated heterocycles. The summed E-state index contributed by atoms with van der Waals surface area (Å²) in [5.74, 6) is 0.916. The molecule has 3 heteroatoms. The maximum atomic E-state index is 5.47. The fourth-order valence-corrected chi connectivity index (χ4v) is 2.94. The normalized spacial score (nSPS) is 14.2. The van der Waals surface area contributed by atoms with Crippen molar-refractivity contribution in [2.75, 3.05) is 7.11 Å². The van der Waals surface area contributed by atoms with E-state index in [9.17, 15) is 0 Å². The van der Waals surface area contributed by atoms with E-state index in [-0.39, 0.29) is 5.41 Å². The molecule has 0 aromatic carbocycles. The van der Waals surface area contributed by atoms with Crippen molar-refractivity contribution >= 4 is 0 Å². The van der Waals surface area contributed by atoms with E-state index in [1.165, 1.54) is 57.8 Å². The average Bonchev–Trinajstić information content (AvgIpc) is 2.93. The Labute approximate surface area is 124 Å². The smallest absolute Gasteiger partial charge is 0.160 e. The second-order valence-corrected chi connectivity index (χ2v) is 6.13. The lowest BCUT2D eigenvalue weighted by atomic mass is 9.77. The molecule has 1 unspecified atom stereocenters. The Bertz CT molecular complexity index is 362. The Morgan fingerprint density at radius 3 is 2.25 bits per heavy atom. The van der Waals surface area contributed by atoms with Crippen molar-refractivity contribution in [3.05, 3.63) is 11.9 Å². The minimum Gasteiger partial charge on any atom is -0.493 e. The number of aromatic nitrogens is 2. The molecule has 0 fully saturated rings. The zero-order chi connectivity index (χ0) is 14.8. The van der Waals surface area contributed by atoms with E-state index in [0.29, 0.717) is 0 Å². The Kier molecular flexibility index (Phi) is 7.71. The highest BCUT2D eigenvalue weighted by molar-refractivity contribution is 5.31. The van der Waals surface area contributed by atoms with Gasteiger partial charge in [0, 0.05) is 5.41 Å². The van der Waals surface area contributed by atoms with Gasteiger partial charge in [0.25, 0.3) is 0 Å². The van der Waals surface area contributed by atoms with Crippen LogP contribution in [0.2, 0.25) is 0 Å². The number of nitrogens with zero attached hydrogens (tertiary/aromatic N) is 1. The summed E-state index contributed by atoms with van der Waals surface area (Å²) in [4.78, 5) is 0. The van der Waals surface area contributed by atoms with Gasteiger partial charge in [0.2, 0.25) is 0 Å². The summed E-state index contributed by atoms with van der Waals surface area (Å²) >= 11 is 0. The molecule has 0 aliphatic rings. The summed E-state index contributed by atoms with van der Waals surface area (Å²) in [6, 6.07) is 0. The zero-order valence-corrected chi connectivity index (χ0v) is 13.8. The highest BCUT2D eigenvalue weighted by atomic mass is 16.5. The van der Waals surface area contributed by atoms with Gasteiger partial charge in [0.1, 0.15) is 5.69 Å². The number of unbranched alkanes of at least 4 members (excludes halogenated alkanes) is 5. The van der Waals surface area contributed by atoms with Gasteiger partial charge in [-0.05, 0) is 12.8 Å². The second kappa shape index (κ2) is 9.04. The minimum absolute atomic E-state index is 0.147. The van der Waals surface area contributed by atoms with Crippen molar-refractivity contribution in [3.8, 4) is 5.75 Å². The third kappa shape index (κ3) is 4.84. The van der Waals surface area contributed by atoms with Crippen molar-refractivity contribution < 1.29 is 4.74 Å². The van der Waals surface area contributed by atoms with Gasteiger partial charge < -0.3 is 4.74 Å². The van der Waals surface area contributed by atoms with Crippen LogP contribution in [0, 0.1) is 0 Å². The van der Waals surface area contributed by atoms with Crippen LogP contribution in [0.15, 0.2) is 6.20 Å². The number of rotatable bonds is 11. The summed E-state index contributed by atoms with van der Waals surface area (Å²) in [6.45, 7) is 6.87.